The molecule has 2 aromatic rings. The second kappa shape index (κ2) is 6.10. The number of anilines is 1. The van der Waals surface area contributed by atoms with Gasteiger partial charge >= 0.3 is 6.01 Å². The van der Waals surface area contributed by atoms with Gasteiger partial charge in [0.2, 0.25) is 11.8 Å². The monoisotopic (exact) mass is 312 g/mol. The predicted molar refractivity (Wildman–Crippen MR) is 83.7 cm³/mol. The molecule has 1 unspecified atom stereocenters. The van der Waals surface area contributed by atoms with Gasteiger partial charge in [-0.3, -0.25) is 9.69 Å². The minimum absolute atomic E-state index is 0.0186. The first-order chi connectivity index (χ1) is 11.1. The van der Waals surface area contributed by atoms with Gasteiger partial charge in [0, 0.05) is 30.0 Å². The normalized spacial score (nSPS) is 17.4. The number of carbonyl (C=O) groups excluding carboxylic acids is 1. The summed E-state index contributed by atoms with van der Waals surface area (Å²) >= 11 is 0. The molecule has 1 atom stereocenters. The van der Waals surface area contributed by atoms with Crippen molar-refractivity contribution in [3.8, 4) is 11.5 Å². The van der Waals surface area contributed by atoms with Gasteiger partial charge in [0.05, 0.1) is 0 Å². The lowest BCUT2D eigenvalue weighted by molar-refractivity contribution is -0.117. The third kappa shape index (κ3) is 3.02. The lowest BCUT2D eigenvalue weighted by Crippen LogP contribution is -2.25. The molecule has 1 aliphatic rings. The minimum Gasteiger partial charge on any atom is -0.403 e. The summed E-state index contributed by atoms with van der Waals surface area (Å²) in [6.45, 7) is 4.70. The van der Waals surface area contributed by atoms with Crippen LogP contribution >= 0.6 is 0 Å². The Balaban J connectivity index is 1.82. The molecule has 8 nitrogen and oxygen atoms in total. The summed E-state index contributed by atoms with van der Waals surface area (Å²) in [4.78, 5) is 16.3. The van der Waals surface area contributed by atoms with Crippen molar-refractivity contribution in [2.75, 3.05) is 18.0 Å². The van der Waals surface area contributed by atoms with Gasteiger partial charge in [0.15, 0.2) is 0 Å². The third-order valence-corrected chi connectivity index (χ3v) is 3.87. The first-order valence-electron chi connectivity index (χ1n) is 7.31. The second-order valence-electron chi connectivity index (χ2n) is 5.70. The van der Waals surface area contributed by atoms with Crippen molar-refractivity contribution < 1.29 is 9.21 Å². The summed E-state index contributed by atoms with van der Waals surface area (Å²) in [7, 11) is 0. The molecule has 0 N–H and O–H groups in total. The summed E-state index contributed by atoms with van der Waals surface area (Å²) in [5.74, 6) is 0.276. The molecule has 8 heteroatoms. The number of azide groups is 1. The number of nitrogens with zero attached hydrogens (tertiary/aromatic N) is 6. The van der Waals surface area contributed by atoms with Crippen LogP contribution in [0.5, 0.6) is 0 Å². The van der Waals surface area contributed by atoms with Gasteiger partial charge in [-0.25, -0.2) is 0 Å². The molecule has 0 spiro atoms. The molecule has 0 saturated carbocycles. The van der Waals surface area contributed by atoms with Crippen molar-refractivity contribution in [2.45, 2.75) is 20.3 Å². The number of carbonyl (C=O) groups is 1. The summed E-state index contributed by atoms with van der Waals surface area (Å²) in [6, 6.07) is 6.13. The molecule has 118 valence electrons. The highest BCUT2D eigenvalue weighted by Crippen LogP contribution is 2.29. The Kier molecular flexibility index (Phi) is 3.99. The highest BCUT2D eigenvalue weighted by molar-refractivity contribution is 5.93. The summed E-state index contributed by atoms with van der Waals surface area (Å²) in [5.41, 5.74) is 11.4. The molecule has 1 fully saturated rings. The Morgan fingerprint density at radius 2 is 2.26 bits per heavy atom. The first-order valence-corrected chi connectivity index (χ1v) is 7.31. The standard InChI is InChI=1S/C15H16N6O2/c1-9-3-4-12(10(2)5-9)14-18-19-15(23-14)21-8-11(6-13(21)22)7-17-20-16/h3-5,11H,6-8H2,1-2H3. The fourth-order valence-electron chi connectivity index (χ4n) is 2.73. The molecule has 2 heterocycles. The second-order valence-corrected chi connectivity index (χ2v) is 5.70. The van der Waals surface area contributed by atoms with Gasteiger partial charge in [0.1, 0.15) is 0 Å². The zero-order valence-corrected chi connectivity index (χ0v) is 12.9. The number of hydrogen-bond acceptors (Lipinski definition) is 5. The van der Waals surface area contributed by atoms with Crippen molar-refractivity contribution in [3.05, 3.63) is 39.8 Å². The van der Waals surface area contributed by atoms with E-state index in [1.807, 2.05) is 32.0 Å². The van der Waals surface area contributed by atoms with E-state index in [2.05, 4.69) is 20.2 Å². The predicted octanol–water partition coefficient (Wildman–Crippen LogP) is 3.02. The van der Waals surface area contributed by atoms with E-state index in [0.29, 0.717) is 18.9 Å². The maximum Gasteiger partial charge on any atom is 0.325 e. The molecular formula is C15H16N6O2. The van der Waals surface area contributed by atoms with Crippen molar-refractivity contribution in [2.24, 2.45) is 11.0 Å². The average molecular weight is 312 g/mol. The van der Waals surface area contributed by atoms with Crippen LogP contribution in [0.1, 0.15) is 17.5 Å². The molecular weight excluding hydrogens is 296 g/mol. The van der Waals surface area contributed by atoms with E-state index >= 15 is 0 Å². The molecule has 0 radical (unpaired) electrons. The van der Waals surface area contributed by atoms with Crippen molar-refractivity contribution in [1.82, 2.24) is 10.2 Å². The fraction of sp³-hybridized carbons (Fsp3) is 0.400. The van der Waals surface area contributed by atoms with Crippen LogP contribution < -0.4 is 4.90 Å². The minimum atomic E-state index is -0.0982. The topological polar surface area (TPSA) is 108 Å². The van der Waals surface area contributed by atoms with Crippen LogP contribution in [0.25, 0.3) is 21.9 Å². The lowest BCUT2D eigenvalue weighted by atomic mass is 10.1. The van der Waals surface area contributed by atoms with Crippen LogP contribution in [0.15, 0.2) is 27.7 Å². The molecule has 1 amide bonds. The fourth-order valence-corrected chi connectivity index (χ4v) is 2.73. The zero-order chi connectivity index (χ0) is 16.4. The van der Waals surface area contributed by atoms with Gasteiger partial charge in [-0.15, -0.1) is 5.10 Å². The number of aryl methyl sites for hydroxylation is 2. The molecule has 1 saturated heterocycles. The van der Waals surface area contributed by atoms with E-state index in [1.165, 1.54) is 4.90 Å². The van der Waals surface area contributed by atoms with Crippen molar-refractivity contribution >= 4 is 11.9 Å². The van der Waals surface area contributed by atoms with Gasteiger partial charge in [-0.2, -0.15) is 0 Å². The molecule has 1 aliphatic heterocycles. The van der Waals surface area contributed by atoms with Crippen molar-refractivity contribution in [3.63, 3.8) is 0 Å². The van der Waals surface area contributed by atoms with Crippen LogP contribution in [0.4, 0.5) is 6.01 Å². The zero-order valence-electron chi connectivity index (χ0n) is 12.9. The van der Waals surface area contributed by atoms with E-state index in [-0.39, 0.29) is 24.4 Å². The van der Waals surface area contributed by atoms with E-state index < -0.39 is 0 Å². The summed E-state index contributed by atoms with van der Waals surface area (Å²) < 4.78 is 5.68. The molecule has 1 aromatic heterocycles. The Bertz CT molecular complexity index is 793. The number of rotatable bonds is 4. The maximum atomic E-state index is 12.1. The van der Waals surface area contributed by atoms with Gasteiger partial charge in [0.25, 0.3) is 0 Å². The Morgan fingerprint density at radius 3 is 3.00 bits per heavy atom. The number of benzene rings is 1. The maximum absolute atomic E-state index is 12.1. The van der Waals surface area contributed by atoms with Gasteiger partial charge in [-0.05, 0) is 36.9 Å². The molecule has 1 aromatic carbocycles. The first kappa shape index (κ1) is 15.1. The van der Waals surface area contributed by atoms with E-state index in [9.17, 15) is 4.79 Å². The van der Waals surface area contributed by atoms with Crippen LogP contribution in [0, 0.1) is 19.8 Å². The van der Waals surface area contributed by atoms with Crippen LogP contribution in [0.3, 0.4) is 0 Å². The number of aromatic nitrogens is 2. The highest BCUT2D eigenvalue weighted by atomic mass is 16.4. The van der Waals surface area contributed by atoms with E-state index in [4.69, 9.17) is 9.95 Å². The molecule has 23 heavy (non-hydrogen) atoms. The number of hydrogen-bond donors (Lipinski definition) is 0. The molecule has 3 rings (SSSR count). The average Bonchev–Trinajstić information content (AvgIpc) is 3.11. The van der Waals surface area contributed by atoms with Crippen LogP contribution in [-0.4, -0.2) is 29.2 Å². The highest BCUT2D eigenvalue weighted by Gasteiger charge is 2.33. The van der Waals surface area contributed by atoms with E-state index in [1.54, 1.807) is 0 Å². The molecule has 0 aliphatic carbocycles. The van der Waals surface area contributed by atoms with Gasteiger partial charge in [-0.1, -0.05) is 27.9 Å². The Labute approximate surface area is 132 Å². The Morgan fingerprint density at radius 1 is 1.43 bits per heavy atom. The quantitative estimate of drug-likeness (QED) is 0.491. The number of amides is 1. The van der Waals surface area contributed by atoms with E-state index in [0.717, 1.165) is 16.7 Å². The SMILES string of the molecule is Cc1ccc(-c2nnc(N3CC(CN=[N+]=[N-])CC3=O)o2)c(C)c1. The van der Waals surface area contributed by atoms with Crippen LogP contribution in [0.2, 0.25) is 0 Å². The molecule has 0 bridgehead atoms. The Hall–Kier alpha value is -2.86. The van der Waals surface area contributed by atoms with Gasteiger partial charge < -0.3 is 4.42 Å². The van der Waals surface area contributed by atoms with Crippen molar-refractivity contribution in [1.29, 1.82) is 0 Å². The van der Waals surface area contributed by atoms with Crippen LogP contribution in [-0.2, 0) is 4.79 Å². The summed E-state index contributed by atoms with van der Waals surface area (Å²) in [5, 5.41) is 11.6. The summed E-state index contributed by atoms with van der Waals surface area (Å²) in [6.07, 6.45) is 0.320. The smallest absolute Gasteiger partial charge is 0.325 e. The largest absolute Gasteiger partial charge is 0.403 e. The third-order valence-electron chi connectivity index (χ3n) is 3.87. The lowest BCUT2D eigenvalue weighted by Gasteiger charge is -2.10.